The van der Waals surface area contributed by atoms with E-state index >= 15 is 0 Å². The summed E-state index contributed by atoms with van der Waals surface area (Å²) in [6, 6.07) is 22.7. The van der Waals surface area contributed by atoms with Gasteiger partial charge in [-0.2, -0.15) is 5.26 Å². The summed E-state index contributed by atoms with van der Waals surface area (Å²) >= 11 is 3.48. The van der Waals surface area contributed by atoms with E-state index < -0.39 is 5.91 Å². The molecule has 1 amide bonds. The molecule has 0 radical (unpaired) electrons. The molecule has 0 aliphatic rings. The summed E-state index contributed by atoms with van der Waals surface area (Å²) in [6.45, 7) is 0.360. The van der Waals surface area contributed by atoms with Gasteiger partial charge in [0.15, 0.2) is 0 Å². The Morgan fingerprint density at radius 2 is 1.81 bits per heavy atom. The Hall–Kier alpha value is -3.10. The lowest BCUT2D eigenvalue weighted by atomic mass is 10.2. The number of hydrogen-bond acceptors (Lipinski definition) is 3. The Morgan fingerprint density at radius 3 is 2.54 bits per heavy atom. The third kappa shape index (κ3) is 4.29. The summed E-state index contributed by atoms with van der Waals surface area (Å²) in [5.74, 6) is 0.670. The molecule has 0 aliphatic carbocycles. The van der Waals surface area contributed by atoms with Gasteiger partial charge in [-0.3, -0.25) is 4.79 Å². The standard InChI is InChI=1S/C21H15BrN2O2/c22-19-9-5-4-8-18(19)20-11-10-17(26-20)12-16(13-23)21(25)24-14-15-6-2-1-3-7-15/h1-12H,14H2,(H,24,25)/b16-12-. The molecule has 0 atom stereocenters. The zero-order chi connectivity index (χ0) is 18.4. The molecule has 0 aliphatic heterocycles. The Balaban J connectivity index is 1.74. The van der Waals surface area contributed by atoms with Gasteiger partial charge in [0.1, 0.15) is 23.2 Å². The number of halogens is 1. The topological polar surface area (TPSA) is 66.0 Å². The van der Waals surface area contributed by atoms with Gasteiger partial charge in [0.05, 0.1) is 0 Å². The minimum absolute atomic E-state index is 0.00559. The average molecular weight is 407 g/mol. The van der Waals surface area contributed by atoms with Crippen LogP contribution in [0.25, 0.3) is 17.4 Å². The second-order valence-corrected chi connectivity index (χ2v) is 6.37. The Kier molecular flexibility index (Phi) is 5.67. The van der Waals surface area contributed by atoms with Gasteiger partial charge in [-0.1, -0.05) is 64.5 Å². The maximum atomic E-state index is 12.2. The number of furan rings is 1. The first kappa shape index (κ1) is 17.7. The van der Waals surface area contributed by atoms with Crippen molar-refractivity contribution in [2.24, 2.45) is 0 Å². The average Bonchev–Trinajstić information content (AvgIpc) is 3.13. The van der Waals surface area contributed by atoms with Crippen LogP contribution in [0.3, 0.4) is 0 Å². The molecule has 128 valence electrons. The fourth-order valence-electron chi connectivity index (χ4n) is 2.40. The number of rotatable bonds is 5. The molecule has 1 aromatic heterocycles. The van der Waals surface area contributed by atoms with Gasteiger partial charge in [-0.05, 0) is 23.8 Å². The van der Waals surface area contributed by atoms with E-state index in [1.54, 1.807) is 6.07 Å². The largest absolute Gasteiger partial charge is 0.457 e. The zero-order valence-electron chi connectivity index (χ0n) is 13.8. The Bertz CT molecular complexity index is 985. The third-order valence-corrected chi connectivity index (χ3v) is 4.41. The Morgan fingerprint density at radius 1 is 1.08 bits per heavy atom. The lowest BCUT2D eigenvalue weighted by molar-refractivity contribution is -0.117. The van der Waals surface area contributed by atoms with Crippen molar-refractivity contribution >= 4 is 27.9 Å². The molecule has 5 heteroatoms. The van der Waals surface area contributed by atoms with E-state index in [0.717, 1.165) is 15.6 Å². The number of nitrogens with one attached hydrogen (secondary N) is 1. The highest BCUT2D eigenvalue weighted by Gasteiger charge is 2.11. The number of carbonyl (C=O) groups excluding carboxylic acids is 1. The lowest BCUT2D eigenvalue weighted by Crippen LogP contribution is -2.23. The second kappa shape index (κ2) is 8.32. The predicted octanol–water partition coefficient (Wildman–Crippen LogP) is 4.93. The van der Waals surface area contributed by atoms with Crippen LogP contribution in [-0.4, -0.2) is 5.91 Å². The van der Waals surface area contributed by atoms with Crippen LogP contribution in [0.15, 0.2) is 81.2 Å². The normalized spacial score (nSPS) is 11.0. The molecule has 3 rings (SSSR count). The van der Waals surface area contributed by atoms with Gasteiger partial charge >= 0.3 is 0 Å². The summed E-state index contributed by atoms with van der Waals surface area (Å²) < 4.78 is 6.67. The van der Waals surface area contributed by atoms with Crippen LogP contribution in [0.4, 0.5) is 0 Å². The molecule has 3 aromatic rings. The maximum absolute atomic E-state index is 12.2. The first-order valence-electron chi connectivity index (χ1n) is 7.96. The second-order valence-electron chi connectivity index (χ2n) is 5.52. The van der Waals surface area contributed by atoms with E-state index in [1.165, 1.54) is 6.08 Å². The molecule has 4 nitrogen and oxygen atoms in total. The van der Waals surface area contributed by atoms with E-state index in [2.05, 4.69) is 21.2 Å². The highest BCUT2D eigenvalue weighted by molar-refractivity contribution is 9.10. The van der Waals surface area contributed by atoms with Gasteiger partial charge in [0.25, 0.3) is 5.91 Å². The summed E-state index contributed by atoms with van der Waals surface area (Å²) in [4.78, 5) is 12.2. The minimum atomic E-state index is -0.435. The van der Waals surface area contributed by atoms with Crippen molar-refractivity contribution in [3.8, 4) is 17.4 Å². The van der Waals surface area contributed by atoms with Crippen LogP contribution < -0.4 is 5.32 Å². The van der Waals surface area contributed by atoms with Crippen LogP contribution in [0.1, 0.15) is 11.3 Å². The lowest BCUT2D eigenvalue weighted by Gasteiger charge is -2.04. The van der Waals surface area contributed by atoms with Crippen LogP contribution >= 0.6 is 15.9 Å². The highest BCUT2D eigenvalue weighted by Crippen LogP contribution is 2.29. The van der Waals surface area contributed by atoms with Crippen LogP contribution in [-0.2, 0) is 11.3 Å². The quantitative estimate of drug-likeness (QED) is 0.482. The van der Waals surface area contributed by atoms with Crippen molar-refractivity contribution in [1.29, 1.82) is 5.26 Å². The van der Waals surface area contributed by atoms with Gasteiger partial charge in [0, 0.05) is 22.7 Å². The molecule has 0 spiro atoms. The van der Waals surface area contributed by atoms with Crippen LogP contribution in [0, 0.1) is 11.3 Å². The predicted molar refractivity (Wildman–Crippen MR) is 104 cm³/mol. The van der Waals surface area contributed by atoms with Crippen molar-refractivity contribution in [2.45, 2.75) is 6.54 Å². The van der Waals surface area contributed by atoms with E-state index in [9.17, 15) is 10.1 Å². The molecule has 0 bridgehead atoms. The van der Waals surface area contributed by atoms with Crippen molar-refractivity contribution in [2.75, 3.05) is 0 Å². The van der Waals surface area contributed by atoms with Gasteiger partial charge < -0.3 is 9.73 Å². The number of nitrogens with zero attached hydrogens (tertiary/aromatic N) is 1. The minimum Gasteiger partial charge on any atom is -0.457 e. The molecule has 0 fully saturated rings. The van der Waals surface area contributed by atoms with Crippen molar-refractivity contribution < 1.29 is 9.21 Å². The molecule has 2 aromatic carbocycles. The first-order valence-corrected chi connectivity index (χ1v) is 8.75. The molecule has 0 saturated carbocycles. The summed E-state index contributed by atoms with van der Waals surface area (Å²) in [5, 5.41) is 12.0. The number of carbonyl (C=O) groups is 1. The van der Waals surface area contributed by atoms with E-state index in [4.69, 9.17) is 4.42 Å². The molecule has 1 heterocycles. The summed E-state index contributed by atoms with van der Waals surface area (Å²) in [5.41, 5.74) is 1.86. The maximum Gasteiger partial charge on any atom is 0.262 e. The molecule has 1 N–H and O–H groups in total. The fraction of sp³-hybridized carbons (Fsp3) is 0.0476. The zero-order valence-corrected chi connectivity index (χ0v) is 15.4. The summed E-state index contributed by atoms with van der Waals surface area (Å²) in [7, 11) is 0. The van der Waals surface area contributed by atoms with Crippen molar-refractivity contribution in [3.05, 3.63) is 88.1 Å². The smallest absolute Gasteiger partial charge is 0.262 e. The highest BCUT2D eigenvalue weighted by atomic mass is 79.9. The number of amides is 1. The van der Waals surface area contributed by atoms with Gasteiger partial charge in [-0.15, -0.1) is 0 Å². The van der Waals surface area contributed by atoms with Gasteiger partial charge in [-0.25, -0.2) is 0 Å². The molecule has 0 saturated heterocycles. The van der Waals surface area contributed by atoms with Crippen molar-refractivity contribution in [1.82, 2.24) is 5.32 Å². The number of hydrogen-bond donors (Lipinski definition) is 1. The number of benzene rings is 2. The Labute approximate surface area is 159 Å². The molecular formula is C21H15BrN2O2. The molecule has 26 heavy (non-hydrogen) atoms. The van der Waals surface area contributed by atoms with E-state index in [0.29, 0.717) is 18.1 Å². The molecule has 0 unspecified atom stereocenters. The van der Waals surface area contributed by atoms with Gasteiger partial charge in [0.2, 0.25) is 0 Å². The number of nitriles is 1. The SMILES string of the molecule is N#C/C(=C/c1ccc(-c2ccccc2Br)o1)C(=O)NCc1ccccc1. The van der Waals surface area contributed by atoms with E-state index in [-0.39, 0.29) is 5.57 Å². The third-order valence-electron chi connectivity index (χ3n) is 3.71. The fourth-order valence-corrected chi connectivity index (χ4v) is 2.88. The van der Waals surface area contributed by atoms with Crippen molar-refractivity contribution in [3.63, 3.8) is 0 Å². The first-order chi connectivity index (χ1) is 12.7. The van der Waals surface area contributed by atoms with Crippen LogP contribution in [0.5, 0.6) is 0 Å². The van der Waals surface area contributed by atoms with E-state index in [1.807, 2.05) is 66.7 Å². The van der Waals surface area contributed by atoms with Crippen LogP contribution in [0.2, 0.25) is 0 Å². The summed E-state index contributed by atoms with van der Waals surface area (Å²) in [6.07, 6.45) is 1.45. The molecular weight excluding hydrogens is 392 g/mol. The monoisotopic (exact) mass is 406 g/mol.